The average molecular weight is 484 g/mol. The van der Waals surface area contributed by atoms with Gasteiger partial charge in [0.15, 0.2) is 0 Å². The summed E-state index contributed by atoms with van der Waals surface area (Å²) >= 11 is 6.32. The van der Waals surface area contributed by atoms with E-state index in [1.165, 1.54) is 12.1 Å². The summed E-state index contributed by atoms with van der Waals surface area (Å²) in [7, 11) is 0. The normalized spacial score (nSPS) is 11.0. The Morgan fingerprint density at radius 3 is 1.27 bits per heavy atom. The minimum absolute atomic E-state index is 0.346. The van der Waals surface area contributed by atoms with Crippen LogP contribution in [-0.4, -0.2) is 0 Å². The van der Waals surface area contributed by atoms with Gasteiger partial charge in [0.25, 0.3) is 0 Å². The molecule has 0 spiro atoms. The van der Waals surface area contributed by atoms with Crippen LogP contribution in [0.2, 0.25) is 0 Å². The number of nitrogens with zero attached hydrogens (tertiary/aromatic N) is 2. The quantitative estimate of drug-likeness (QED) is 0.472. The van der Waals surface area contributed by atoms with Gasteiger partial charge in [-0.05, 0) is 52.0 Å². The fourth-order valence-electron chi connectivity index (χ4n) is 2.11. The van der Waals surface area contributed by atoms with Gasteiger partial charge in [0, 0.05) is 20.1 Å². The molecule has 6 heteroatoms. The summed E-state index contributed by atoms with van der Waals surface area (Å²) < 4.78 is 28.1. The second kappa shape index (κ2) is 8.75. The SMILES string of the molecule is CC(C)(C#N)c1ccc(Br)cc1F.CC(C)(C#N)c1ccc(Br)cc1F. The molecule has 0 radical (unpaired) electrons. The molecular formula is C20H18Br2F2N2. The molecule has 0 fully saturated rings. The van der Waals surface area contributed by atoms with Crippen LogP contribution in [0.3, 0.4) is 0 Å². The van der Waals surface area contributed by atoms with E-state index in [9.17, 15) is 8.78 Å². The van der Waals surface area contributed by atoms with E-state index in [1.54, 1.807) is 52.0 Å². The monoisotopic (exact) mass is 482 g/mol. The lowest BCUT2D eigenvalue weighted by molar-refractivity contribution is 0.563. The van der Waals surface area contributed by atoms with Crippen LogP contribution in [0.5, 0.6) is 0 Å². The van der Waals surface area contributed by atoms with E-state index in [-0.39, 0.29) is 11.6 Å². The third-order valence-corrected chi connectivity index (χ3v) is 4.75. The molecule has 0 heterocycles. The van der Waals surface area contributed by atoms with Gasteiger partial charge in [0.2, 0.25) is 0 Å². The maximum Gasteiger partial charge on any atom is 0.129 e. The van der Waals surface area contributed by atoms with Crippen molar-refractivity contribution in [1.82, 2.24) is 0 Å². The Labute approximate surface area is 169 Å². The van der Waals surface area contributed by atoms with E-state index < -0.39 is 10.8 Å². The lowest BCUT2D eigenvalue weighted by Crippen LogP contribution is -2.15. The van der Waals surface area contributed by atoms with Crippen molar-refractivity contribution in [1.29, 1.82) is 10.5 Å². The van der Waals surface area contributed by atoms with E-state index in [0.29, 0.717) is 20.1 Å². The van der Waals surface area contributed by atoms with Gasteiger partial charge in [-0.3, -0.25) is 0 Å². The third-order valence-electron chi connectivity index (χ3n) is 3.77. The summed E-state index contributed by atoms with van der Waals surface area (Å²) in [5, 5.41) is 17.6. The van der Waals surface area contributed by atoms with E-state index >= 15 is 0 Å². The van der Waals surface area contributed by atoms with Crippen LogP contribution < -0.4 is 0 Å². The van der Waals surface area contributed by atoms with Crippen LogP contribution in [-0.2, 0) is 10.8 Å². The predicted molar refractivity (Wildman–Crippen MR) is 105 cm³/mol. The Kier molecular flexibility index (Phi) is 7.50. The molecule has 26 heavy (non-hydrogen) atoms. The average Bonchev–Trinajstić information content (AvgIpc) is 2.54. The van der Waals surface area contributed by atoms with Crippen LogP contribution in [0.25, 0.3) is 0 Å². The Morgan fingerprint density at radius 1 is 0.731 bits per heavy atom. The zero-order valence-corrected chi connectivity index (χ0v) is 18.0. The number of hydrogen-bond acceptors (Lipinski definition) is 2. The summed E-state index contributed by atoms with van der Waals surface area (Å²) in [4.78, 5) is 0. The fraction of sp³-hybridized carbons (Fsp3) is 0.300. The lowest BCUT2D eigenvalue weighted by Gasteiger charge is -2.16. The first-order valence-corrected chi connectivity index (χ1v) is 9.27. The number of nitriles is 2. The first-order valence-electron chi connectivity index (χ1n) is 7.68. The molecule has 0 bridgehead atoms. The van der Waals surface area contributed by atoms with Gasteiger partial charge in [0.1, 0.15) is 11.6 Å². The second-order valence-electron chi connectivity index (χ2n) is 6.72. The molecule has 136 valence electrons. The second-order valence-corrected chi connectivity index (χ2v) is 8.55. The van der Waals surface area contributed by atoms with E-state index in [4.69, 9.17) is 10.5 Å². The zero-order chi connectivity index (χ0) is 20.1. The van der Waals surface area contributed by atoms with E-state index in [2.05, 4.69) is 44.0 Å². The molecule has 0 unspecified atom stereocenters. The van der Waals surface area contributed by atoms with Crippen LogP contribution in [0.15, 0.2) is 45.3 Å². The standard InChI is InChI=1S/2C10H9BrFN/c2*1-10(2,6-13)8-4-3-7(11)5-9(8)12/h2*3-5H,1-2H3. The van der Waals surface area contributed by atoms with Crippen LogP contribution >= 0.6 is 31.9 Å². The van der Waals surface area contributed by atoms with Gasteiger partial charge >= 0.3 is 0 Å². The van der Waals surface area contributed by atoms with Crippen molar-refractivity contribution in [2.45, 2.75) is 38.5 Å². The van der Waals surface area contributed by atoms with Crippen molar-refractivity contribution >= 4 is 31.9 Å². The lowest BCUT2D eigenvalue weighted by atomic mass is 9.86. The fourth-order valence-corrected chi connectivity index (χ4v) is 2.78. The van der Waals surface area contributed by atoms with Gasteiger partial charge in [0.05, 0.1) is 23.0 Å². The van der Waals surface area contributed by atoms with Gasteiger partial charge in [-0.1, -0.05) is 44.0 Å². The largest absolute Gasteiger partial charge is 0.207 e. The summed E-state index contributed by atoms with van der Waals surface area (Å²) in [6.45, 7) is 6.78. The maximum atomic E-state index is 13.4. The molecule has 0 aliphatic carbocycles. The Hall–Kier alpha value is -1.76. The highest BCUT2D eigenvalue weighted by atomic mass is 79.9. The molecular weight excluding hydrogens is 466 g/mol. The summed E-state index contributed by atoms with van der Waals surface area (Å²) in [6, 6.07) is 13.6. The molecule has 0 N–H and O–H groups in total. The summed E-state index contributed by atoms with van der Waals surface area (Å²) in [6.07, 6.45) is 0. The molecule has 2 nitrogen and oxygen atoms in total. The molecule has 0 amide bonds. The molecule has 0 saturated heterocycles. The van der Waals surface area contributed by atoms with Gasteiger partial charge in [-0.25, -0.2) is 8.78 Å². The predicted octanol–water partition coefficient (Wildman–Crippen LogP) is 6.78. The van der Waals surface area contributed by atoms with Gasteiger partial charge < -0.3 is 0 Å². The zero-order valence-electron chi connectivity index (χ0n) is 14.9. The molecule has 0 aliphatic rings. The van der Waals surface area contributed by atoms with Gasteiger partial charge in [-0.15, -0.1) is 0 Å². The van der Waals surface area contributed by atoms with E-state index in [0.717, 1.165) is 0 Å². The van der Waals surface area contributed by atoms with Crippen molar-refractivity contribution in [3.05, 3.63) is 68.1 Å². The molecule has 0 atom stereocenters. The van der Waals surface area contributed by atoms with Crippen molar-refractivity contribution in [2.75, 3.05) is 0 Å². The van der Waals surface area contributed by atoms with Crippen molar-refractivity contribution in [3.63, 3.8) is 0 Å². The Bertz CT molecular complexity index is 805. The molecule has 0 saturated carbocycles. The smallest absolute Gasteiger partial charge is 0.129 e. The highest BCUT2D eigenvalue weighted by molar-refractivity contribution is 9.10. The Balaban J connectivity index is 0.000000260. The van der Waals surface area contributed by atoms with Crippen LogP contribution in [0.4, 0.5) is 8.78 Å². The highest BCUT2D eigenvalue weighted by Gasteiger charge is 2.24. The molecule has 0 aromatic heterocycles. The molecule has 2 aromatic rings. The van der Waals surface area contributed by atoms with Crippen LogP contribution in [0.1, 0.15) is 38.8 Å². The van der Waals surface area contributed by atoms with Crippen molar-refractivity contribution in [2.24, 2.45) is 0 Å². The summed E-state index contributed by atoms with van der Waals surface area (Å²) in [5.74, 6) is -0.693. The van der Waals surface area contributed by atoms with Gasteiger partial charge in [-0.2, -0.15) is 10.5 Å². The number of hydrogen-bond donors (Lipinski definition) is 0. The molecule has 2 rings (SSSR count). The van der Waals surface area contributed by atoms with E-state index in [1.807, 2.05) is 0 Å². The van der Waals surface area contributed by atoms with Crippen molar-refractivity contribution < 1.29 is 8.78 Å². The Morgan fingerprint density at radius 2 is 1.04 bits per heavy atom. The topological polar surface area (TPSA) is 47.6 Å². The minimum atomic E-state index is -0.773. The molecule has 2 aromatic carbocycles. The third kappa shape index (κ3) is 5.62. The molecule has 0 aliphatic heterocycles. The maximum absolute atomic E-state index is 13.4. The number of benzene rings is 2. The first-order chi connectivity index (χ1) is 11.9. The number of halogens is 4. The van der Waals surface area contributed by atoms with Crippen molar-refractivity contribution in [3.8, 4) is 12.1 Å². The summed E-state index contributed by atoms with van der Waals surface area (Å²) in [5.41, 5.74) is -0.688. The number of rotatable bonds is 2. The minimum Gasteiger partial charge on any atom is -0.207 e. The van der Waals surface area contributed by atoms with Crippen LogP contribution in [0, 0.1) is 34.3 Å². The highest BCUT2D eigenvalue weighted by Crippen LogP contribution is 2.27. The first kappa shape index (κ1) is 22.3.